The Morgan fingerprint density at radius 2 is 1.48 bits per heavy atom. The van der Waals surface area contributed by atoms with Crippen LogP contribution in [0, 0.1) is 0 Å². The number of hydrogen-bond acceptors (Lipinski definition) is 2. The van der Waals surface area contributed by atoms with Crippen LogP contribution in [0.1, 0.15) is 61.5 Å². The van der Waals surface area contributed by atoms with Gasteiger partial charge < -0.3 is 10.2 Å². The molecule has 1 amide bonds. The van der Waals surface area contributed by atoms with E-state index in [1.54, 1.807) is 12.1 Å². The first-order valence-electron chi connectivity index (χ1n) is 9.94. The zero-order valence-electron chi connectivity index (χ0n) is 17.1. The van der Waals surface area contributed by atoms with Gasteiger partial charge in [-0.3, -0.25) is 4.79 Å². The van der Waals surface area contributed by atoms with Crippen LogP contribution in [0.25, 0.3) is 0 Å². The number of rotatable bonds is 3. The van der Waals surface area contributed by atoms with Crippen molar-refractivity contribution in [3.63, 3.8) is 0 Å². The summed E-state index contributed by atoms with van der Waals surface area (Å²) in [5.74, 6) is -0.414. The van der Waals surface area contributed by atoms with E-state index in [1.165, 1.54) is 6.07 Å². The summed E-state index contributed by atoms with van der Waals surface area (Å²) >= 11 is 0. The van der Waals surface area contributed by atoms with Crippen LogP contribution in [0.5, 0.6) is 0 Å². The molecule has 0 unspecified atom stereocenters. The first-order valence-corrected chi connectivity index (χ1v) is 9.94. The first kappa shape index (κ1) is 21.2. The van der Waals surface area contributed by atoms with Crippen LogP contribution in [0.4, 0.5) is 24.5 Å². The number of benzene rings is 2. The van der Waals surface area contributed by atoms with Gasteiger partial charge >= 0.3 is 6.18 Å². The van der Waals surface area contributed by atoms with Crippen LogP contribution in [0.3, 0.4) is 0 Å². The first-order chi connectivity index (χ1) is 13.6. The lowest BCUT2D eigenvalue weighted by Gasteiger charge is -2.31. The van der Waals surface area contributed by atoms with Crippen molar-refractivity contribution in [1.82, 2.24) is 0 Å². The lowest BCUT2D eigenvalue weighted by Crippen LogP contribution is -2.30. The smallest absolute Gasteiger partial charge is 0.370 e. The molecule has 0 radical (unpaired) electrons. The summed E-state index contributed by atoms with van der Waals surface area (Å²) in [7, 11) is 0. The molecule has 1 fully saturated rings. The summed E-state index contributed by atoms with van der Waals surface area (Å²) in [6, 6.07) is 10.8. The quantitative estimate of drug-likeness (QED) is 0.656. The van der Waals surface area contributed by atoms with Gasteiger partial charge in [-0.25, -0.2) is 0 Å². The zero-order valence-corrected chi connectivity index (χ0v) is 17.1. The number of amides is 1. The van der Waals surface area contributed by atoms with Crippen molar-refractivity contribution in [3.05, 3.63) is 59.2 Å². The molecule has 2 aromatic rings. The summed E-state index contributed by atoms with van der Waals surface area (Å²) in [6.07, 6.45) is -1.38. The summed E-state index contributed by atoms with van der Waals surface area (Å²) in [4.78, 5) is 14.8. The molecule has 0 aromatic heterocycles. The van der Waals surface area contributed by atoms with Gasteiger partial charge in [0.05, 0.1) is 16.9 Å². The Bertz CT molecular complexity index is 861. The second-order valence-corrected chi connectivity index (χ2v) is 8.56. The van der Waals surface area contributed by atoms with Gasteiger partial charge in [-0.2, -0.15) is 13.2 Å². The Morgan fingerprint density at radius 1 is 0.897 bits per heavy atom. The lowest BCUT2D eigenvalue weighted by molar-refractivity contribution is -0.137. The van der Waals surface area contributed by atoms with Gasteiger partial charge in [0.15, 0.2) is 0 Å². The van der Waals surface area contributed by atoms with E-state index in [1.807, 2.05) is 17.0 Å². The fourth-order valence-corrected chi connectivity index (χ4v) is 3.54. The predicted molar refractivity (Wildman–Crippen MR) is 111 cm³/mol. The highest BCUT2D eigenvalue weighted by Gasteiger charge is 2.32. The zero-order chi connectivity index (χ0) is 21.2. The molecule has 156 valence electrons. The summed E-state index contributed by atoms with van der Waals surface area (Å²) < 4.78 is 39.7. The van der Waals surface area contributed by atoms with Crippen LogP contribution < -0.4 is 10.2 Å². The largest absolute Gasteiger partial charge is 0.416 e. The minimum absolute atomic E-state index is 0.0442. The molecule has 1 aliphatic rings. The van der Waals surface area contributed by atoms with Gasteiger partial charge in [0.2, 0.25) is 0 Å². The van der Waals surface area contributed by atoms with E-state index in [0.29, 0.717) is 11.3 Å². The molecule has 3 rings (SSSR count). The monoisotopic (exact) mass is 404 g/mol. The van der Waals surface area contributed by atoms with E-state index in [9.17, 15) is 18.0 Å². The van der Waals surface area contributed by atoms with Gasteiger partial charge in [0, 0.05) is 18.7 Å². The van der Waals surface area contributed by atoms with Crippen LogP contribution in [0.15, 0.2) is 42.5 Å². The standard InChI is InChI=1S/C23H27F3N2O/c1-22(2,3)17-9-7-16(8-10-17)21(29)27-19-15-18(23(24,25)26)11-12-20(19)28-13-5-4-6-14-28/h7-12,15H,4-6,13-14H2,1-3H3,(H,27,29). The number of anilines is 2. The van der Waals surface area contributed by atoms with Crippen molar-refractivity contribution >= 4 is 17.3 Å². The molecule has 1 saturated heterocycles. The molecule has 0 saturated carbocycles. The molecule has 0 bridgehead atoms. The average molecular weight is 404 g/mol. The number of carbonyl (C=O) groups excluding carboxylic acids is 1. The van der Waals surface area contributed by atoms with Crippen molar-refractivity contribution in [3.8, 4) is 0 Å². The Labute approximate surface area is 169 Å². The SMILES string of the molecule is CC(C)(C)c1ccc(C(=O)Nc2cc(C(F)(F)F)ccc2N2CCCCC2)cc1. The predicted octanol–water partition coefficient (Wildman–Crippen LogP) is 6.25. The van der Waals surface area contributed by atoms with Gasteiger partial charge in [-0.15, -0.1) is 0 Å². The molecule has 1 aliphatic heterocycles. The van der Waals surface area contributed by atoms with Gasteiger partial charge in [-0.1, -0.05) is 32.9 Å². The highest BCUT2D eigenvalue weighted by atomic mass is 19.4. The van der Waals surface area contributed by atoms with Crippen LogP contribution >= 0.6 is 0 Å². The number of piperidine rings is 1. The molecule has 0 atom stereocenters. The van der Waals surface area contributed by atoms with E-state index >= 15 is 0 Å². The maximum Gasteiger partial charge on any atom is 0.416 e. The van der Waals surface area contributed by atoms with Crippen molar-refractivity contribution < 1.29 is 18.0 Å². The highest BCUT2D eigenvalue weighted by molar-refractivity contribution is 6.06. The number of halogens is 3. The van der Waals surface area contributed by atoms with Crippen molar-refractivity contribution in [2.45, 2.75) is 51.6 Å². The van der Waals surface area contributed by atoms with Crippen molar-refractivity contribution in [1.29, 1.82) is 0 Å². The molecule has 3 nitrogen and oxygen atoms in total. The molecule has 1 heterocycles. The Kier molecular flexibility index (Phi) is 5.92. The number of nitrogens with one attached hydrogen (secondary N) is 1. The van der Waals surface area contributed by atoms with Crippen molar-refractivity contribution in [2.75, 3.05) is 23.3 Å². The fraction of sp³-hybridized carbons (Fsp3) is 0.435. The topological polar surface area (TPSA) is 32.3 Å². The molecule has 6 heteroatoms. The Balaban J connectivity index is 1.90. The summed E-state index contributed by atoms with van der Waals surface area (Å²) in [5, 5.41) is 2.71. The molecular weight excluding hydrogens is 377 g/mol. The minimum atomic E-state index is -4.46. The van der Waals surface area contributed by atoms with E-state index in [2.05, 4.69) is 26.1 Å². The molecule has 1 N–H and O–H groups in total. The average Bonchev–Trinajstić information content (AvgIpc) is 2.67. The molecule has 2 aromatic carbocycles. The van der Waals surface area contributed by atoms with Gasteiger partial charge in [-0.05, 0) is 60.6 Å². The second kappa shape index (κ2) is 8.09. The number of nitrogens with zero attached hydrogens (tertiary/aromatic N) is 1. The third-order valence-corrected chi connectivity index (χ3v) is 5.28. The molecular formula is C23H27F3N2O. The second-order valence-electron chi connectivity index (χ2n) is 8.56. The fourth-order valence-electron chi connectivity index (χ4n) is 3.54. The molecule has 29 heavy (non-hydrogen) atoms. The van der Waals surface area contributed by atoms with Gasteiger partial charge in [0.1, 0.15) is 0 Å². The Morgan fingerprint density at radius 3 is 2.03 bits per heavy atom. The van der Waals surface area contributed by atoms with E-state index in [0.717, 1.165) is 50.0 Å². The molecule has 0 spiro atoms. The number of carbonyl (C=O) groups is 1. The third-order valence-electron chi connectivity index (χ3n) is 5.28. The molecule has 0 aliphatic carbocycles. The summed E-state index contributed by atoms with van der Waals surface area (Å²) in [6.45, 7) is 7.78. The van der Waals surface area contributed by atoms with Crippen molar-refractivity contribution in [2.24, 2.45) is 0 Å². The van der Waals surface area contributed by atoms with E-state index in [-0.39, 0.29) is 11.1 Å². The maximum absolute atomic E-state index is 13.2. The highest BCUT2D eigenvalue weighted by Crippen LogP contribution is 2.36. The minimum Gasteiger partial charge on any atom is -0.370 e. The summed E-state index contributed by atoms with van der Waals surface area (Å²) in [5.41, 5.74) is 1.53. The maximum atomic E-state index is 13.2. The van der Waals surface area contributed by atoms with E-state index in [4.69, 9.17) is 0 Å². The number of alkyl halides is 3. The van der Waals surface area contributed by atoms with Gasteiger partial charge in [0.25, 0.3) is 5.91 Å². The van der Waals surface area contributed by atoms with E-state index < -0.39 is 17.6 Å². The lowest BCUT2D eigenvalue weighted by atomic mass is 9.86. The van der Waals surface area contributed by atoms with Crippen LogP contribution in [-0.2, 0) is 11.6 Å². The normalized spacial score (nSPS) is 15.3. The Hall–Kier alpha value is -2.50. The third kappa shape index (κ3) is 5.11. The van der Waals surface area contributed by atoms with Crippen LogP contribution in [-0.4, -0.2) is 19.0 Å². The number of hydrogen-bond donors (Lipinski definition) is 1. The van der Waals surface area contributed by atoms with Crippen LogP contribution in [0.2, 0.25) is 0 Å².